The molecular weight excluding hydrogens is 373 g/mol. The lowest BCUT2D eigenvalue weighted by molar-refractivity contribution is 0.103. The summed E-state index contributed by atoms with van der Waals surface area (Å²) in [6, 6.07) is 13.0. The summed E-state index contributed by atoms with van der Waals surface area (Å²) < 4.78 is 15.3. The van der Waals surface area contributed by atoms with E-state index in [2.05, 4.69) is 11.4 Å². The number of fused-ring (bicyclic) bond motifs is 1. The van der Waals surface area contributed by atoms with Crippen LogP contribution in [0.5, 0.6) is 0 Å². The molecule has 0 radical (unpaired) electrons. The summed E-state index contributed by atoms with van der Waals surface area (Å²) in [6.45, 7) is 1.80. The Balaban J connectivity index is 1.61. The molecule has 0 spiro atoms. The van der Waals surface area contributed by atoms with Gasteiger partial charge in [-0.3, -0.25) is 4.79 Å². The molecule has 2 heterocycles. The molecule has 0 aliphatic carbocycles. The number of amides is 1. The average Bonchev–Trinajstić information content (AvgIpc) is 3.24. The number of benzene rings is 2. The minimum atomic E-state index is -0.275. The smallest absolute Gasteiger partial charge is 0.266 e. The molecule has 0 saturated carbocycles. The molecule has 0 bridgehead atoms. The van der Waals surface area contributed by atoms with Crippen LogP contribution >= 0.6 is 34.9 Å². The number of aryl methyl sites for hydroxylation is 1. The second-order valence-electron chi connectivity index (χ2n) is 5.82. The fourth-order valence-corrected chi connectivity index (χ4v) is 6.93. The number of rotatable bonds is 3. The van der Waals surface area contributed by atoms with Gasteiger partial charge in [-0.2, -0.15) is 0 Å². The van der Waals surface area contributed by atoms with E-state index in [1.54, 1.807) is 13.0 Å². The van der Waals surface area contributed by atoms with Crippen molar-refractivity contribution in [3.8, 4) is 0 Å². The molecule has 25 heavy (non-hydrogen) atoms. The predicted molar refractivity (Wildman–Crippen MR) is 109 cm³/mol. The van der Waals surface area contributed by atoms with E-state index in [4.69, 9.17) is 0 Å². The Bertz CT molecular complexity index is 947. The summed E-state index contributed by atoms with van der Waals surface area (Å²) in [5.74, 6) is 1.88. The van der Waals surface area contributed by atoms with Gasteiger partial charge in [0.25, 0.3) is 5.91 Å². The van der Waals surface area contributed by atoms with E-state index in [1.807, 2.05) is 47.8 Å². The Hall–Kier alpha value is -1.50. The Kier molecular flexibility index (Phi) is 4.75. The number of nitrogens with one attached hydrogen (secondary N) is 1. The third-order valence-electron chi connectivity index (χ3n) is 4.15. The van der Waals surface area contributed by atoms with Crippen LogP contribution in [-0.4, -0.2) is 17.4 Å². The number of thiophene rings is 1. The van der Waals surface area contributed by atoms with Crippen LogP contribution in [0.3, 0.4) is 0 Å². The highest BCUT2D eigenvalue weighted by Gasteiger charge is 2.20. The van der Waals surface area contributed by atoms with Crippen molar-refractivity contribution in [1.29, 1.82) is 0 Å². The van der Waals surface area contributed by atoms with Crippen molar-refractivity contribution >= 4 is 56.5 Å². The van der Waals surface area contributed by atoms with Gasteiger partial charge in [-0.15, -0.1) is 34.9 Å². The standard InChI is InChI=1S/C19H16FNOS3/c1-11-16-14(20)6-3-7-15(16)25-17(11)18(22)21-13-5-2-4-12(10-13)19-23-8-9-24-19/h2-7,10,19H,8-9H2,1H3,(H,21,22). The topological polar surface area (TPSA) is 29.1 Å². The number of carbonyl (C=O) groups is 1. The van der Waals surface area contributed by atoms with Crippen LogP contribution in [0.15, 0.2) is 42.5 Å². The number of thioether (sulfide) groups is 2. The van der Waals surface area contributed by atoms with E-state index in [-0.39, 0.29) is 11.7 Å². The Morgan fingerprint density at radius 1 is 1.16 bits per heavy atom. The zero-order chi connectivity index (χ0) is 17.4. The Morgan fingerprint density at radius 3 is 2.68 bits per heavy atom. The van der Waals surface area contributed by atoms with Crippen molar-refractivity contribution < 1.29 is 9.18 Å². The first-order valence-corrected chi connectivity index (χ1v) is 10.9. The zero-order valence-electron chi connectivity index (χ0n) is 13.5. The fraction of sp³-hybridized carbons (Fsp3) is 0.211. The lowest BCUT2D eigenvalue weighted by Gasteiger charge is -2.11. The summed E-state index contributed by atoms with van der Waals surface area (Å²) in [5, 5.41) is 3.52. The van der Waals surface area contributed by atoms with Crippen molar-refractivity contribution in [3.63, 3.8) is 0 Å². The highest BCUT2D eigenvalue weighted by atomic mass is 32.2. The predicted octanol–water partition coefficient (Wildman–Crippen LogP) is 6.08. The molecule has 0 atom stereocenters. The van der Waals surface area contributed by atoms with Crippen LogP contribution in [0, 0.1) is 12.7 Å². The molecule has 1 saturated heterocycles. The second kappa shape index (κ2) is 7.02. The van der Waals surface area contributed by atoms with Gasteiger partial charge in [0.05, 0.1) is 9.46 Å². The molecule has 1 aliphatic heterocycles. The molecule has 1 N–H and O–H groups in total. The normalized spacial score (nSPS) is 15.0. The van der Waals surface area contributed by atoms with E-state index in [9.17, 15) is 9.18 Å². The van der Waals surface area contributed by atoms with E-state index < -0.39 is 0 Å². The summed E-state index contributed by atoms with van der Waals surface area (Å²) in [4.78, 5) is 13.3. The maximum absolute atomic E-state index is 14.0. The van der Waals surface area contributed by atoms with Gasteiger partial charge in [-0.1, -0.05) is 18.2 Å². The molecule has 1 aliphatic rings. The maximum Gasteiger partial charge on any atom is 0.266 e. The van der Waals surface area contributed by atoms with Gasteiger partial charge in [-0.05, 0) is 42.3 Å². The molecular formula is C19H16FNOS3. The van der Waals surface area contributed by atoms with Gasteiger partial charge in [0.2, 0.25) is 0 Å². The van der Waals surface area contributed by atoms with Crippen molar-refractivity contribution in [3.05, 3.63) is 64.3 Å². The van der Waals surface area contributed by atoms with Crippen molar-refractivity contribution in [2.24, 2.45) is 0 Å². The first-order valence-electron chi connectivity index (χ1n) is 7.95. The van der Waals surface area contributed by atoms with Crippen LogP contribution in [0.25, 0.3) is 10.1 Å². The van der Waals surface area contributed by atoms with Crippen LogP contribution in [0.4, 0.5) is 10.1 Å². The third kappa shape index (κ3) is 3.30. The Labute approximate surface area is 158 Å². The summed E-state index contributed by atoms with van der Waals surface area (Å²) in [6.07, 6.45) is 0. The van der Waals surface area contributed by atoms with Gasteiger partial charge >= 0.3 is 0 Å². The first kappa shape index (κ1) is 16.9. The number of hydrogen-bond acceptors (Lipinski definition) is 4. The van der Waals surface area contributed by atoms with Gasteiger partial charge in [-0.25, -0.2) is 4.39 Å². The van der Waals surface area contributed by atoms with E-state index in [1.165, 1.54) is 34.5 Å². The van der Waals surface area contributed by atoms with Crippen molar-refractivity contribution in [1.82, 2.24) is 0 Å². The SMILES string of the molecule is Cc1c(C(=O)Nc2cccc(C3SCCS3)c2)sc2cccc(F)c12. The first-order chi connectivity index (χ1) is 12.1. The molecule has 3 aromatic rings. The van der Waals surface area contributed by atoms with Crippen molar-refractivity contribution in [2.45, 2.75) is 11.5 Å². The largest absolute Gasteiger partial charge is 0.321 e. The molecule has 0 unspecified atom stereocenters. The number of carbonyl (C=O) groups excluding carboxylic acids is 1. The van der Waals surface area contributed by atoms with Gasteiger partial charge in [0, 0.05) is 27.3 Å². The van der Waals surface area contributed by atoms with Gasteiger partial charge < -0.3 is 5.32 Å². The maximum atomic E-state index is 14.0. The van der Waals surface area contributed by atoms with Crippen LogP contribution in [0.2, 0.25) is 0 Å². The second-order valence-corrected chi connectivity index (χ2v) is 9.60. The molecule has 2 aromatic carbocycles. The summed E-state index contributed by atoms with van der Waals surface area (Å²) >= 11 is 5.21. The minimum absolute atomic E-state index is 0.179. The monoisotopic (exact) mass is 389 g/mol. The lowest BCUT2D eigenvalue weighted by Crippen LogP contribution is -2.11. The minimum Gasteiger partial charge on any atom is -0.321 e. The molecule has 1 amide bonds. The molecule has 128 valence electrons. The molecule has 6 heteroatoms. The average molecular weight is 390 g/mol. The van der Waals surface area contributed by atoms with E-state index in [0.717, 1.165) is 10.4 Å². The third-order valence-corrected chi connectivity index (χ3v) is 8.51. The highest BCUT2D eigenvalue weighted by Crippen LogP contribution is 2.45. The number of hydrogen-bond donors (Lipinski definition) is 1. The van der Waals surface area contributed by atoms with Crippen molar-refractivity contribution in [2.75, 3.05) is 16.8 Å². The Morgan fingerprint density at radius 2 is 1.92 bits per heavy atom. The van der Waals surface area contributed by atoms with Gasteiger partial charge in [0.15, 0.2) is 0 Å². The summed E-state index contributed by atoms with van der Waals surface area (Å²) in [7, 11) is 0. The molecule has 4 rings (SSSR count). The van der Waals surface area contributed by atoms with E-state index >= 15 is 0 Å². The highest BCUT2D eigenvalue weighted by molar-refractivity contribution is 8.19. The number of anilines is 1. The fourth-order valence-electron chi connectivity index (χ4n) is 2.97. The van der Waals surface area contributed by atoms with Crippen LogP contribution < -0.4 is 5.32 Å². The molecule has 1 fully saturated rings. The summed E-state index contributed by atoms with van der Waals surface area (Å²) in [5.41, 5.74) is 2.71. The zero-order valence-corrected chi connectivity index (χ0v) is 16.0. The van der Waals surface area contributed by atoms with E-state index in [0.29, 0.717) is 20.4 Å². The number of halogens is 1. The van der Waals surface area contributed by atoms with Crippen LogP contribution in [-0.2, 0) is 0 Å². The molecule has 1 aromatic heterocycles. The lowest BCUT2D eigenvalue weighted by atomic mass is 10.1. The molecule has 2 nitrogen and oxygen atoms in total. The quantitative estimate of drug-likeness (QED) is 0.588. The van der Waals surface area contributed by atoms with Gasteiger partial charge in [0.1, 0.15) is 5.82 Å². The van der Waals surface area contributed by atoms with Crippen LogP contribution in [0.1, 0.15) is 25.4 Å².